The minimum atomic E-state index is 0. The van der Waals surface area contributed by atoms with E-state index in [4.69, 9.17) is 21.1 Å². The van der Waals surface area contributed by atoms with Crippen molar-refractivity contribution in [2.24, 2.45) is 4.99 Å². The maximum Gasteiger partial charge on any atom is 0.219 e. The number of pyridine rings is 1. The molecule has 2 aromatic carbocycles. The quantitative estimate of drug-likeness (QED) is 0.251. The Morgan fingerprint density at radius 1 is 0.967 bits per heavy atom. The fourth-order valence-corrected chi connectivity index (χ4v) is 2.79. The number of halogens is 2. The van der Waals surface area contributed by atoms with Crippen molar-refractivity contribution in [3.05, 3.63) is 83.0 Å². The maximum atomic E-state index is 6.02. The fraction of sp³-hybridized carbons (Fsp3) is 0.182. The van der Waals surface area contributed by atoms with E-state index in [0.29, 0.717) is 30.7 Å². The van der Waals surface area contributed by atoms with Crippen LogP contribution in [0.2, 0.25) is 5.02 Å². The molecule has 0 amide bonds. The molecule has 6 nitrogen and oxygen atoms in total. The van der Waals surface area contributed by atoms with Crippen molar-refractivity contribution < 1.29 is 9.47 Å². The highest BCUT2D eigenvalue weighted by Crippen LogP contribution is 2.22. The van der Waals surface area contributed by atoms with Crippen LogP contribution in [0, 0.1) is 0 Å². The van der Waals surface area contributed by atoms with E-state index < -0.39 is 0 Å². The third kappa shape index (κ3) is 7.38. The van der Waals surface area contributed by atoms with Gasteiger partial charge in [-0.15, -0.1) is 24.0 Å². The molecule has 158 valence electrons. The van der Waals surface area contributed by atoms with E-state index in [2.05, 4.69) is 20.6 Å². The second kappa shape index (κ2) is 12.2. The van der Waals surface area contributed by atoms with Crippen molar-refractivity contribution in [1.29, 1.82) is 0 Å². The number of aliphatic imine (C=N–C) groups is 1. The van der Waals surface area contributed by atoms with Gasteiger partial charge in [-0.3, -0.25) is 4.99 Å². The highest BCUT2D eigenvalue weighted by atomic mass is 127. The molecule has 0 unspecified atom stereocenters. The van der Waals surface area contributed by atoms with Crippen molar-refractivity contribution in [3.8, 4) is 17.4 Å². The van der Waals surface area contributed by atoms with Gasteiger partial charge in [0, 0.05) is 37.4 Å². The van der Waals surface area contributed by atoms with Crippen LogP contribution in [0.1, 0.15) is 11.1 Å². The lowest BCUT2D eigenvalue weighted by Gasteiger charge is -2.12. The topological polar surface area (TPSA) is 67.8 Å². The first-order chi connectivity index (χ1) is 14.2. The van der Waals surface area contributed by atoms with Gasteiger partial charge < -0.3 is 20.1 Å². The lowest BCUT2D eigenvalue weighted by molar-refractivity contribution is 0.412. The van der Waals surface area contributed by atoms with E-state index >= 15 is 0 Å². The van der Waals surface area contributed by atoms with Crippen molar-refractivity contribution in [2.45, 2.75) is 13.1 Å². The number of rotatable bonds is 7. The zero-order chi connectivity index (χ0) is 20.5. The number of ether oxygens (including phenoxy) is 2. The third-order valence-corrected chi connectivity index (χ3v) is 4.35. The predicted molar refractivity (Wildman–Crippen MR) is 131 cm³/mol. The monoisotopic (exact) mass is 538 g/mol. The zero-order valence-corrected chi connectivity index (χ0v) is 19.8. The number of methoxy groups -OCH3 is 1. The first-order valence-corrected chi connectivity index (χ1v) is 9.50. The summed E-state index contributed by atoms with van der Waals surface area (Å²) in [5.74, 6) is 2.71. The summed E-state index contributed by atoms with van der Waals surface area (Å²) in [5.41, 5.74) is 2.10. The van der Waals surface area contributed by atoms with Crippen molar-refractivity contribution in [2.75, 3.05) is 14.2 Å². The molecule has 0 radical (unpaired) electrons. The molecule has 30 heavy (non-hydrogen) atoms. The molecule has 0 atom stereocenters. The van der Waals surface area contributed by atoms with Gasteiger partial charge in [0.1, 0.15) is 11.5 Å². The molecule has 1 aromatic heterocycles. The number of nitrogens with zero attached hydrogens (tertiary/aromatic N) is 2. The Morgan fingerprint density at radius 3 is 2.27 bits per heavy atom. The summed E-state index contributed by atoms with van der Waals surface area (Å²) in [6.45, 7) is 1.22. The predicted octanol–water partition coefficient (Wildman–Crippen LogP) is 5.02. The molecule has 0 aliphatic carbocycles. The van der Waals surface area contributed by atoms with E-state index in [0.717, 1.165) is 21.9 Å². The Labute approximate surface area is 198 Å². The standard InChI is InChI=1S/C22H23ClN4O2.HI/c1-24-22(26-13-16-4-3-5-18(23)12-16)27-15-17-6-11-21(25-14-17)29-20-9-7-19(28-2)8-10-20;/h3-12,14H,13,15H2,1-2H3,(H2,24,26,27);1H. The van der Waals surface area contributed by atoms with Crippen LogP contribution in [0.4, 0.5) is 0 Å². The number of hydrogen-bond donors (Lipinski definition) is 2. The summed E-state index contributed by atoms with van der Waals surface area (Å²) >= 11 is 6.02. The highest BCUT2D eigenvalue weighted by molar-refractivity contribution is 14.0. The van der Waals surface area contributed by atoms with E-state index in [1.807, 2.05) is 60.7 Å². The van der Waals surface area contributed by atoms with Gasteiger partial charge >= 0.3 is 0 Å². The second-order valence-electron chi connectivity index (χ2n) is 6.19. The molecule has 8 heteroatoms. The van der Waals surface area contributed by atoms with E-state index in [9.17, 15) is 0 Å². The minimum Gasteiger partial charge on any atom is -0.497 e. The van der Waals surface area contributed by atoms with Gasteiger partial charge in [0.2, 0.25) is 5.88 Å². The van der Waals surface area contributed by atoms with Crippen LogP contribution in [0.5, 0.6) is 17.4 Å². The first-order valence-electron chi connectivity index (χ1n) is 9.12. The van der Waals surface area contributed by atoms with Gasteiger partial charge in [0.05, 0.1) is 7.11 Å². The van der Waals surface area contributed by atoms with Gasteiger partial charge in [0.25, 0.3) is 0 Å². The van der Waals surface area contributed by atoms with Crippen molar-refractivity contribution in [3.63, 3.8) is 0 Å². The molecule has 0 bridgehead atoms. The molecular formula is C22H24ClIN4O2. The van der Waals surface area contributed by atoms with E-state index in [1.54, 1.807) is 20.4 Å². The first kappa shape index (κ1) is 23.8. The average molecular weight is 539 g/mol. The van der Waals surface area contributed by atoms with Gasteiger partial charge in [-0.2, -0.15) is 0 Å². The molecule has 0 saturated carbocycles. The SMILES string of the molecule is CN=C(NCc1ccc(Oc2ccc(OC)cc2)nc1)NCc1cccc(Cl)c1.I. The van der Waals surface area contributed by atoms with Crippen LogP contribution < -0.4 is 20.1 Å². The van der Waals surface area contributed by atoms with Gasteiger partial charge in [-0.1, -0.05) is 29.8 Å². The van der Waals surface area contributed by atoms with Crippen LogP contribution in [-0.2, 0) is 13.1 Å². The zero-order valence-electron chi connectivity index (χ0n) is 16.8. The van der Waals surface area contributed by atoms with Crippen LogP contribution in [0.25, 0.3) is 0 Å². The van der Waals surface area contributed by atoms with Crippen LogP contribution in [-0.4, -0.2) is 25.1 Å². The summed E-state index contributed by atoms with van der Waals surface area (Å²) in [6, 6.07) is 18.9. The van der Waals surface area contributed by atoms with Crippen LogP contribution in [0.15, 0.2) is 71.9 Å². The van der Waals surface area contributed by atoms with Crippen molar-refractivity contribution >= 4 is 41.5 Å². The van der Waals surface area contributed by atoms with Crippen LogP contribution >= 0.6 is 35.6 Å². The largest absolute Gasteiger partial charge is 0.497 e. The molecule has 3 rings (SSSR count). The molecule has 0 aliphatic heterocycles. The highest BCUT2D eigenvalue weighted by Gasteiger charge is 2.03. The number of aromatic nitrogens is 1. The lowest BCUT2D eigenvalue weighted by atomic mass is 10.2. The summed E-state index contributed by atoms with van der Waals surface area (Å²) in [6.07, 6.45) is 1.77. The van der Waals surface area contributed by atoms with Crippen molar-refractivity contribution in [1.82, 2.24) is 15.6 Å². The molecule has 0 fully saturated rings. The molecule has 3 aromatic rings. The van der Waals surface area contributed by atoms with Gasteiger partial charge in [-0.05, 0) is 47.5 Å². The smallest absolute Gasteiger partial charge is 0.219 e. The number of benzene rings is 2. The Hall–Kier alpha value is -2.52. The van der Waals surface area contributed by atoms with E-state index in [1.165, 1.54) is 0 Å². The number of nitrogens with one attached hydrogen (secondary N) is 2. The normalized spacial score (nSPS) is 10.7. The molecule has 0 saturated heterocycles. The molecule has 0 spiro atoms. The third-order valence-electron chi connectivity index (χ3n) is 4.11. The summed E-state index contributed by atoms with van der Waals surface area (Å²) < 4.78 is 10.9. The minimum absolute atomic E-state index is 0. The molecule has 1 heterocycles. The number of guanidine groups is 1. The molecule has 2 N–H and O–H groups in total. The second-order valence-corrected chi connectivity index (χ2v) is 6.63. The summed E-state index contributed by atoms with van der Waals surface area (Å²) in [4.78, 5) is 8.59. The van der Waals surface area contributed by atoms with Gasteiger partial charge in [-0.25, -0.2) is 4.98 Å². The molecular weight excluding hydrogens is 515 g/mol. The van der Waals surface area contributed by atoms with Crippen LogP contribution in [0.3, 0.4) is 0 Å². The average Bonchev–Trinajstić information content (AvgIpc) is 2.75. The number of hydrogen-bond acceptors (Lipinski definition) is 4. The Bertz CT molecular complexity index is 950. The summed E-state index contributed by atoms with van der Waals surface area (Å²) in [7, 11) is 3.36. The van der Waals surface area contributed by atoms with Gasteiger partial charge in [0.15, 0.2) is 5.96 Å². The Kier molecular flexibility index (Phi) is 9.69. The Balaban J connectivity index is 0.00000320. The fourth-order valence-electron chi connectivity index (χ4n) is 2.58. The molecule has 0 aliphatic rings. The lowest BCUT2D eigenvalue weighted by Crippen LogP contribution is -2.36. The maximum absolute atomic E-state index is 6.02. The summed E-state index contributed by atoms with van der Waals surface area (Å²) in [5, 5.41) is 7.24. The Morgan fingerprint density at radius 2 is 1.67 bits per heavy atom. The van der Waals surface area contributed by atoms with E-state index in [-0.39, 0.29) is 24.0 Å².